The molecule has 1 N–H and O–H groups in total. The summed E-state index contributed by atoms with van der Waals surface area (Å²) >= 11 is 0. The highest BCUT2D eigenvalue weighted by Gasteiger charge is 2.67. The predicted molar refractivity (Wildman–Crippen MR) is 108 cm³/mol. The molecule has 0 aliphatic carbocycles. The molecule has 164 valence electrons. The van der Waals surface area contributed by atoms with Crippen LogP contribution in [0.2, 0.25) is 0 Å². The summed E-state index contributed by atoms with van der Waals surface area (Å²) < 4.78 is 54.4. The van der Waals surface area contributed by atoms with Gasteiger partial charge >= 0.3 is 6.18 Å². The number of carbonyl (C=O) groups excluding carboxylic acids is 1. The lowest BCUT2D eigenvalue weighted by Gasteiger charge is -2.43. The molecule has 2 heterocycles. The summed E-state index contributed by atoms with van der Waals surface area (Å²) in [5, 5.41) is 10.2. The number of hydrogen-bond donors (Lipinski definition) is 1. The number of nitrogens with zero attached hydrogens (tertiary/aromatic N) is 1. The number of fused-ring (bicyclic) bond motifs is 3. The molecule has 0 radical (unpaired) electrons. The predicted octanol–water partition coefficient (Wildman–Crippen LogP) is 4.43. The second kappa shape index (κ2) is 6.67. The van der Waals surface area contributed by atoms with Crippen LogP contribution < -0.4 is 9.47 Å². The lowest BCUT2D eigenvalue weighted by atomic mass is 9.79. The Morgan fingerprint density at radius 3 is 2.19 bits per heavy atom. The molecule has 4 rings (SSSR count). The summed E-state index contributed by atoms with van der Waals surface area (Å²) in [6.07, 6.45) is -3.55. The number of benzene rings is 2. The zero-order valence-electron chi connectivity index (χ0n) is 17.5. The summed E-state index contributed by atoms with van der Waals surface area (Å²) in [6.45, 7) is 3.50. The first-order chi connectivity index (χ1) is 14.5. The molecule has 2 aromatic carbocycles. The number of ether oxygens (including phenoxy) is 2. The normalized spacial score (nSPS) is 22.0. The van der Waals surface area contributed by atoms with Gasteiger partial charge in [-0.25, -0.2) is 0 Å². The topological polar surface area (TPSA) is 59.0 Å². The van der Waals surface area contributed by atoms with E-state index in [-0.39, 0.29) is 22.8 Å². The van der Waals surface area contributed by atoms with Crippen LogP contribution >= 0.6 is 0 Å². The van der Waals surface area contributed by atoms with Crippen molar-refractivity contribution in [2.45, 2.75) is 37.4 Å². The average Bonchev–Trinajstić information content (AvgIpc) is 3.03. The molecule has 31 heavy (non-hydrogen) atoms. The molecule has 5 nitrogen and oxygen atoms in total. The van der Waals surface area contributed by atoms with Gasteiger partial charge in [-0.1, -0.05) is 24.3 Å². The highest BCUT2D eigenvalue weighted by atomic mass is 19.4. The Kier molecular flexibility index (Phi) is 4.54. The average molecular weight is 433 g/mol. The minimum absolute atomic E-state index is 0.214. The number of phenolic OH excluding ortho intramolecular Hbond substituents is 1. The molecule has 1 atom stereocenters. The number of hydrogen-bond acceptors (Lipinski definition) is 4. The van der Waals surface area contributed by atoms with E-state index in [0.29, 0.717) is 12.0 Å². The monoisotopic (exact) mass is 433 g/mol. The van der Waals surface area contributed by atoms with Gasteiger partial charge in [0.1, 0.15) is 0 Å². The van der Waals surface area contributed by atoms with Crippen LogP contribution in [0, 0.1) is 0 Å². The first-order valence-electron chi connectivity index (χ1n) is 9.66. The fraction of sp³-hybridized carbons (Fsp3) is 0.348. The first-order valence-corrected chi connectivity index (χ1v) is 9.66. The zero-order chi connectivity index (χ0) is 22.8. The summed E-state index contributed by atoms with van der Waals surface area (Å²) in [6, 6.07) is 9.23. The number of rotatable bonds is 3. The molecule has 0 saturated heterocycles. The van der Waals surface area contributed by atoms with E-state index < -0.39 is 28.8 Å². The SMILES string of the molecule is COc1cc(C2(C(F)(F)F)C=C3c4ccccc4CC(C)(C)N3C2=O)cc(OC)c1O. The number of halogens is 3. The zero-order valence-corrected chi connectivity index (χ0v) is 17.5. The van der Waals surface area contributed by atoms with Crippen LogP contribution in [0.1, 0.15) is 30.5 Å². The Labute approximate surface area is 177 Å². The van der Waals surface area contributed by atoms with Crippen LogP contribution in [0.3, 0.4) is 0 Å². The first kappa shape index (κ1) is 21.1. The Morgan fingerprint density at radius 2 is 1.65 bits per heavy atom. The summed E-state index contributed by atoms with van der Waals surface area (Å²) in [5.74, 6) is -1.96. The maximum Gasteiger partial charge on any atom is 0.410 e. The number of methoxy groups -OCH3 is 2. The molecule has 0 aromatic heterocycles. The van der Waals surface area contributed by atoms with E-state index in [9.17, 15) is 23.1 Å². The van der Waals surface area contributed by atoms with Gasteiger partial charge in [0.05, 0.1) is 14.2 Å². The van der Waals surface area contributed by atoms with Gasteiger partial charge in [0.25, 0.3) is 5.91 Å². The number of aromatic hydroxyl groups is 1. The molecule has 1 unspecified atom stereocenters. The molecule has 0 bridgehead atoms. The van der Waals surface area contributed by atoms with Crippen molar-refractivity contribution >= 4 is 11.6 Å². The number of alkyl halides is 3. The third kappa shape index (κ3) is 2.80. The Morgan fingerprint density at radius 1 is 1.06 bits per heavy atom. The molecule has 8 heteroatoms. The highest BCUT2D eigenvalue weighted by Crippen LogP contribution is 2.56. The fourth-order valence-electron chi connectivity index (χ4n) is 4.58. The molecule has 2 aromatic rings. The van der Waals surface area contributed by atoms with E-state index in [1.807, 2.05) is 12.1 Å². The lowest BCUT2D eigenvalue weighted by Crippen LogP contribution is -2.56. The summed E-state index contributed by atoms with van der Waals surface area (Å²) in [7, 11) is 2.44. The van der Waals surface area contributed by atoms with Crippen LogP contribution in [0.5, 0.6) is 17.2 Å². The molecule has 0 fully saturated rings. The second-order valence-electron chi connectivity index (χ2n) is 8.35. The molecule has 0 saturated carbocycles. The van der Waals surface area contributed by atoms with E-state index >= 15 is 0 Å². The van der Waals surface area contributed by atoms with Crippen molar-refractivity contribution in [3.8, 4) is 17.2 Å². The number of phenols is 1. The Balaban J connectivity index is 2.06. The maximum atomic E-state index is 14.8. The summed E-state index contributed by atoms with van der Waals surface area (Å²) in [5.41, 5.74) is -2.51. The lowest BCUT2D eigenvalue weighted by molar-refractivity contribution is -0.187. The fourth-order valence-corrected chi connectivity index (χ4v) is 4.58. The van der Waals surface area contributed by atoms with E-state index in [4.69, 9.17) is 9.47 Å². The smallest absolute Gasteiger partial charge is 0.410 e. The van der Waals surface area contributed by atoms with Crippen molar-refractivity contribution in [1.29, 1.82) is 0 Å². The number of carbonyl (C=O) groups is 1. The van der Waals surface area contributed by atoms with Gasteiger partial charge in [0.2, 0.25) is 5.75 Å². The van der Waals surface area contributed by atoms with Gasteiger partial charge in [-0.15, -0.1) is 0 Å². The van der Waals surface area contributed by atoms with Crippen LogP contribution in [0.4, 0.5) is 13.2 Å². The number of amides is 1. The second-order valence-corrected chi connectivity index (χ2v) is 8.35. The van der Waals surface area contributed by atoms with Gasteiger partial charge in [0, 0.05) is 16.8 Å². The highest BCUT2D eigenvalue weighted by molar-refractivity contribution is 6.05. The van der Waals surface area contributed by atoms with Crippen molar-refractivity contribution in [1.82, 2.24) is 4.90 Å². The van der Waals surface area contributed by atoms with Crippen molar-refractivity contribution in [3.63, 3.8) is 0 Å². The van der Waals surface area contributed by atoms with E-state index in [2.05, 4.69) is 0 Å². The van der Waals surface area contributed by atoms with Crippen LogP contribution in [0.15, 0.2) is 42.5 Å². The summed E-state index contributed by atoms with van der Waals surface area (Å²) in [4.78, 5) is 14.9. The van der Waals surface area contributed by atoms with Crippen LogP contribution in [-0.2, 0) is 16.6 Å². The quantitative estimate of drug-likeness (QED) is 0.778. The Bertz CT molecular complexity index is 1080. The van der Waals surface area contributed by atoms with Crippen molar-refractivity contribution < 1.29 is 32.5 Å². The van der Waals surface area contributed by atoms with E-state index in [0.717, 1.165) is 23.8 Å². The van der Waals surface area contributed by atoms with Crippen molar-refractivity contribution in [3.05, 3.63) is 59.2 Å². The molecule has 1 amide bonds. The van der Waals surface area contributed by atoms with E-state index in [1.54, 1.807) is 26.0 Å². The van der Waals surface area contributed by atoms with Crippen molar-refractivity contribution in [2.24, 2.45) is 0 Å². The van der Waals surface area contributed by atoms with Gasteiger partial charge in [0.15, 0.2) is 16.9 Å². The maximum absolute atomic E-state index is 14.8. The standard InChI is InChI=1S/C23H22F3NO4/c1-21(2)11-13-7-5-6-8-15(13)16-12-22(23(24,25)26,20(29)27(16)21)14-9-17(30-3)19(28)18(10-14)31-4/h5-10,12,28H,11H2,1-4H3. The molecule has 0 spiro atoms. The largest absolute Gasteiger partial charge is 0.502 e. The van der Waals surface area contributed by atoms with Gasteiger partial charge in [-0.05, 0) is 49.6 Å². The van der Waals surface area contributed by atoms with Crippen LogP contribution in [0.25, 0.3) is 5.70 Å². The molecule has 2 aliphatic heterocycles. The third-order valence-corrected chi connectivity index (χ3v) is 6.04. The van der Waals surface area contributed by atoms with Gasteiger partial charge in [-0.3, -0.25) is 4.79 Å². The molecular weight excluding hydrogens is 411 g/mol. The molecular formula is C23H22F3NO4. The Hall–Kier alpha value is -3.16. The van der Waals surface area contributed by atoms with E-state index in [1.165, 1.54) is 19.1 Å². The van der Waals surface area contributed by atoms with Gasteiger partial charge < -0.3 is 19.5 Å². The molecule has 2 aliphatic rings. The van der Waals surface area contributed by atoms with Crippen LogP contribution in [-0.4, -0.2) is 41.8 Å². The van der Waals surface area contributed by atoms with Gasteiger partial charge in [-0.2, -0.15) is 13.2 Å². The third-order valence-electron chi connectivity index (χ3n) is 6.04. The minimum atomic E-state index is -4.95. The minimum Gasteiger partial charge on any atom is -0.502 e. The van der Waals surface area contributed by atoms with Crippen molar-refractivity contribution in [2.75, 3.05) is 14.2 Å².